The van der Waals surface area contributed by atoms with Crippen molar-refractivity contribution in [3.8, 4) is 22.3 Å². The largest absolute Gasteiger partial charge is 0.519 e. The minimum atomic E-state index is -0.791. The highest BCUT2D eigenvalue weighted by Gasteiger charge is 2.20. The Bertz CT molecular complexity index is 1150. The second-order valence-corrected chi connectivity index (χ2v) is 5.68. The number of methoxy groups -OCH3 is 1. The molecule has 5 nitrogen and oxygen atoms in total. The van der Waals surface area contributed by atoms with Gasteiger partial charge in [0.15, 0.2) is 11.2 Å². The third kappa shape index (κ3) is 2.59. The molecule has 1 heterocycles. The Morgan fingerprint density at radius 2 is 1.38 bits per heavy atom. The number of fused-ring (bicyclic) bond motifs is 1. The third-order valence-electron chi connectivity index (χ3n) is 4.19. The lowest BCUT2D eigenvalue weighted by Crippen LogP contribution is -2.03. The lowest BCUT2D eigenvalue weighted by Gasteiger charge is -2.09. The second kappa shape index (κ2) is 6.37. The molecule has 0 aliphatic carbocycles. The van der Waals surface area contributed by atoms with Crippen molar-refractivity contribution >= 4 is 17.1 Å². The fourth-order valence-corrected chi connectivity index (χ4v) is 3.02. The molecule has 3 aromatic carbocycles. The zero-order chi connectivity index (χ0) is 18.1. The molecular weight excluding hydrogens is 332 g/mol. The summed E-state index contributed by atoms with van der Waals surface area (Å²) in [6.07, 6.45) is 0. The lowest BCUT2D eigenvalue weighted by molar-refractivity contribution is 0.0601. The van der Waals surface area contributed by atoms with Gasteiger partial charge in [-0.1, -0.05) is 48.5 Å². The fourth-order valence-electron chi connectivity index (χ4n) is 3.02. The first-order chi connectivity index (χ1) is 12.7. The highest BCUT2D eigenvalue weighted by Crippen LogP contribution is 2.36. The molecule has 4 aromatic rings. The van der Waals surface area contributed by atoms with Gasteiger partial charge in [0.2, 0.25) is 0 Å². The minimum absolute atomic E-state index is 0.299. The van der Waals surface area contributed by atoms with E-state index in [4.69, 9.17) is 13.6 Å². The minimum Gasteiger partial charge on any atom is -0.465 e. The summed E-state index contributed by atoms with van der Waals surface area (Å²) < 4.78 is 15.5. The molecule has 0 fully saturated rings. The number of carbonyl (C=O) groups is 1. The second-order valence-electron chi connectivity index (χ2n) is 5.68. The van der Waals surface area contributed by atoms with E-state index in [-0.39, 0.29) is 0 Å². The maximum absolute atomic E-state index is 12.1. The van der Waals surface area contributed by atoms with Crippen molar-refractivity contribution in [2.75, 3.05) is 7.11 Å². The van der Waals surface area contributed by atoms with E-state index in [0.717, 1.165) is 11.1 Å². The van der Waals surface area contributed by atoms with Gasteiger partial charge >= 0.3 is 11.8 Å². The van der Waals surface area contributed by atoms with Crippen molar-refractivity contribution in [1.82, 2.24) is 0 Å². The first-order valence-electron chi connectivity index (χ1n) is 7.99. The molecule has 0 amide bonds. The molecule has 0 aliphatic rings. The van der Waals surface area contributed by atoms with Gasteiger partial charge in [0.1, 0.15) is 0 Å². The van der Waals surface area contributed by atoms with Crippen LogP contribution in [0.1, 0.15) is 10.4 Å². The maximum atomic E-state index is 12.1. The Morgan fingerprint density at radius 1 is 0.769 bits per heavy atom. The molecule has 1 aromatic heterocycles. The van der Waals surface area contributed by atoms with E-state index >= 15 is 0 Å². The average molecular weight is 346 g/mol. The summed E-state index contributed by atoms with van der Waals surface area (Å²) in [6, 6.07) is 20.2. The van der Waals surface area contributed by atoms with Crippen LogP contribution in [0.15, 0.2) is 80.4 Å². The van der Waals surface area contributed by atoms with Gasteiger partial charge in [0, 0.05) is 16.7 Å². The molecule has 0 unspecified atom stereocenters. The third-order valence-corrected chi connectivity index (χ3v) is 4.19. The molecule has 0 spiro atoms. The molecular formula is C21H14O5. The van der Waals surface area contributed by atoms with E-state index in [0.29, 0.717) is 27.9 Å². The predicted octanol–water partition coefficient (Wildman–Crippen LogP) is 4.51. The maximum Gasteiger partial charge on any atom is 0.519 e. The Morgan fingerprint density at radius 3 is 2.12 bits per heavy atom. The van der Waals surface area contributed by atoms with Gasteiger partial charge < -0.3 is 13.6 Å². The number of hydrogen-bond acceptors (Lipinski definition) is 5. The first kappa shape index (κ1) is 15.9. The quantitative estimate of drug-likeness (QED) is 0.511. The number of esters is 1. The topological polar surface area (TPSA) is 69.7 Å². The Hall–Kier alpha value is -3.60. The molecule has 5 heteroatoms. The van der Waals surface area contributed by atoms with Crippen LogP contribution in [-0.2, 0) is 4.74 Å². The van der Waals surface area contributed by atoms with Crippen molar-refractivity contribution in [2.45, 2.75) is 0 Å². The fraction of sp³-hybridized carbons (Fsp3) is 0.0476. The van der Waals surface area contributed by atoms with Crippen LogP contribution < -0.4 is 5.82 Å². The van der Waals surface area contributed by atoms with Crippen LogP contribution >= 0.6 is 0 Å². The van der Waals surface area contributed by atoms with E-state index in [1.807, 2.05) is 42.5 Å². The van der Waals surface area contributed by atoms with Gasteiger partial charge in [-0.3, -0.25) is 0 Å². The van der Waals surface area contributed by atoms with Gasteiger partial charge in [0.05, 0.1) is 12.7 Å². The van der Waals surface area contributed by atoms with Crippen LogP contribution in [-0.4, -0.2) is 13.1 Å². The summed E-state index contributed by atoms with van der Waals surface area (Å²) >= 11 is 0. The Balaban J connectivity index is 2.00. The Labute approximate surface area is 148 Å². The van der Waals surface area contributed by atoms with Crippen LogP contribution in [0, 0.1) is 0 Å². The van der Waals surface area contributed by atoms with Gasteiger partial charge in [-0.05, 0) is 23.8 Å². The van der Waals surface area contributed by atoms with Gasteiger partial charge in [-0.2, -0.15) is 0 Å². The number of carbonyl (C=O) groups excluding carboxylic acids is 1. The van der Waals surface area contributed by atoms with Crippen molar-refractivity contribution in [1.29, 1.82) is 0 Å². The van der Waals surface area contributed by atoms with Crippen molar-refractivity contribution in [3.63, 3.8) is 0 Å². The molecule has 0 radical (unpaired) electrons. The van der Waals surface area contributed by atoms with Crippen molar-refractivity contribution < 1.29 is 18.4 Å². The normalized spacial score (nSPS) is 10.8. The average Bonchev–Trinajstić information content (AvgIpc) is 3.08. The zero-order valence-electron chi connectivity index (χ0n) is 13.9. The number of hydrogen-bond donors (Lipinski definition) is 0. The summed E-state index contributed by atoms with van der Waals surface area (Å²) in [6.45, 7) is 0. The summed E-state index contributed by atoms with van der Waals surface area (Å²) in [5, 5.41) is 0. The van der Waals surface area contributed by atoms with E-state index < -0.39 is 11.8 Å². The molecule has 128 valence electrons. The van der Waals surface area contributed by atoms with Gasteiger partial charge in [-0.15, -0.1) is 0 Å². The first-order valence-corrected chi connectivity index (χ1v) is 7.99. The van der Waals surface area contributed by atoms with E-state index in [9.17, 15) is 9.59 Å². The monoisotopic (exact) mass is 346 g/mol. The predicted molar refractivity (Wildman–Crippen MR) is 97.0 cm³/mol. The van der Waals surface area contributed by atoms with Gasteiger partial charge in [-0.25, -0.2) is 9.59 Å². The molecule has 4 rings (SSSR count). The highest BCUT2D eigenvalue weighted by molar-refractivity contribution is 6.04. The smallest absolute Gasteiger partial charge is 0.465 e. The molecule has 0 N–H and O–H groups in total. The molecule has 26 heavy (non-hydrogen) atoms. The van der Waals surface area contributed by atoms with Crippen molar-refractivity contribution in [2.24, 2.45) is 0 Å². The standard InChI is InChI=1S/C21H14O5/c1-24-20(22)17-10-6-5-9-15(17)16-12-11-14(13-7-3-2-4-8-13)18-19(16)26-21(23)25-18/h2-12H,1H3. The molecule has 0 aliphatic heterocycles. The van der Waals surface area contributed by atoms with Crippen LogP contribution in [0.25, 0.3) is 33.4 Å². The molecule has 0 atom stereocenters. The summed E-state index contributed by atoms with van der Waals surface area (Å²) in [5.41, 5.74) is 3.86. The van der Waals surface area contributed by atoms with E-state index in [1.54, 1.807) is 24.3 Å². The molecule has 0 saturated carbocycles. The summed E-state index contributed by atoms with van der Waals surface area (Å²) in [7, 11) is 1.32. The van der Waals surface area contributed by atoms with Crippen LogP contribution in [0.2, 0.25) is 0 Å². The van der Waals surface area contributed by atoms with Crippen molar-refractivity contribution in [3.05, 3.63) is 82.9 Å². The van der Waals surface area contributed by atoms with E-state index in [2.05, 4.69) is 0 Å². The molecule has 0 saturated heterocycles. The van der Waals surface area contributed by atoms with Crippen LogP contribution in [0.3, 0.4) is 0 Å². The van der Waals surface area contributed by atoms with E-state index in [1.165, 1.54) is 7.11 Å². The van der Waals surface area contributed by atoms with Crippen LogP contribution in [0.4, 0.5) is 0 Å². The Kier molecular flexibility index (Phi) is 3.89. The number of benzene rings is 3. The number of rotatable bonds is 3. The lowest BCUT2D eigenvalue weighted by atomic mass is 9.96. The molecule has 0 bridgehead atoms. The number of ether oxygens (including phenoxy) is 1. The zero-order valence-corrected chi connectivity index (χ0v) is 13.9. The van der Waals surface area contributed by atoms with Crippen LogP contribution in [0.5, 0.6) is 0 Å². The summed E-state index contributed by atoms with van der Waals surface area (Å²) in [5.74, 6) is -1.26. The highest BCUT2D eigenvalue weighted by atomic mass is 16.6. The van der Waals surface area contributed by atoms with Gasteiger partial charge in [0.25, 0.3) is 0 Å². The SMILES string of the molecule is COC(=O)c1ccccc1-c1ccc(-c2ccccc2)c2oc(=O)oc12. The summed E-state index contributed by atoms with van der Waals surface area (Å²) in [4.78, 5) is 23.9.